The second-order valence-electron chi connectivity index (χ2n) is 10.8. The number of fused-ring (bicyclic) bond motifs is 1. The number of nitrogens with zero attached hydrogens (tertiary/aromatic N) is 1. The quantitative estimate of drug-likeness (QED) is 0.375. The highest BCUT2D eigenvalue weighted by Crippen LogP contribution is 2.55. The molecule has 4 aliphatic rings. The summed E-state index contributed by atoms with van der Waals surface area (Å²) in [5, 5.41) is 6.61. The van der Waals surface area contributed by atoms with Gasteiger partial charge in [0.25, 0.3) is 0 Å². The van der Waals surface area contributed by atoms with Gasteiger partial charge in [0.2, 0.25) is 17.7 Å². The molecule has 1 aromatic carbocycles. The monoisotopic (exact) mass is 529 g/mol. The van der Waals surface area contributed by atoms with Gasteiger partial charge in [0.1, 0.15) is 11.6 Å². The first-order valence-corrected chi connectivity index (χ1v) is 13.8. The van der Waals surface area contributed by atoms with Gasteiger partial charge in [-0.05, 0) is 51.3 Å². The van der Waals surface area contributed by atoms with Gasteiger partial charge in [-0.3, -0.25) is 14.4 Å². The lowest BCUT2D eigenvalue weighted by atomic mass is 9.74. The van der Waals surface area contributed by atoms with Crippen LogP contribution in [0.15, 0.2) is 36.4 Å². The largest absolute Gasteiger partial charge is 0.379 e. The molecule has 2 N–H and O–H groups in total. The topological polar surface area (TPSA) is 97.0 Å². The summed E-state index contributed by atoms with van der Waals surface area (Å²) in [6, 6.07) is 6.17. The number of amides is 3. The van der Waals surface area contributed by atoms with Crippen LogP contribution in [0, 0.1) is 11.8 Å². The maximum Gasteiger partial charge on any atom is 0.246 e. The Balaban J connectivity index is 1.40. The summed E-state index contributed by atoms with van der Waals surface area (Å²) in [5.41, 5.74) is -0.603. The molecule has 1 saturated carbocycles. The molecular formula is C28H36ClN3O5. The van der Waals surface area contributed by atoms with Crippen molar-refractivity contribution in [3.63, 3.8) is 0 Å². The highest BCUT2D eigenvalue weighted by Gasteiger charge is 2.72. The van der Waals surface area contributed by atoms with Crippen LogP contribution in [0.4, 0.5) is 5.69 Å². The maximum atomic E-state index is 13.9. The number of rotatable bonds is 9. The first-order valence-electron chi connectivity index (χ1n) is 13.5. The van der Waals surface area contributed by atoms with Crippen molar-refractivity contribution in [2.24, 2.45) is 11.8 Å². The molecular weight excluding hydrogens is 494 g/mol. The molecule has 0 aromatic heterocycles. The lowest BCUT2D eigenvalue weighted by Crippen LogP contribution is -2.56. The molecule has 3 fully saturated rings. The molecule has 8 nitrogen and oxygen atoms in total. The minimum atomic E-state index is -1.16. The molecule has 0 radical (unpaired) electrons. The average Bonchev–Trinajstić information content (AvgIpc) is 3.50. The molecule has 1 spiro atoms. The van der Waals surface area contributed by atoms with Crippen molar-refractivity contribution < 1.29 is 23.9 Å². The Morgan fingerprint density at radius 1 is 1.22 bits per heavy atom. The lowest BCUT2D eigenvalue weighted by molar-refractivity contribution is -0.141. The first-order chi connectivity index (χ1) is 17.8. The van der Waals surface area contributed by atoms with Gasteiger partial charge < -0.3 is 25.0 Å². The van der Waals surface area contributed by atoms with Crippen molar-refractivity contribution in [3.8, 4) is 0 Å². The normalized spacial score (nSPS) is 30.7. The van der Waals surface area contributed by atoms with Crippen molar-refractivity contribution >= 4 is 35.0 Å². The second-order valence-corrected chi connectivity index (χ2v) is 11.3. The minimum Gasteiger partial charge on any atom is -0.379 e. The van der Waals surface area contributed by atoms with Crippen LogP contribution in [-0.4, -0.2) is 65.7 Å². The van der Waals surface area contributed by atoms with Crippen molar-refractivity contribution in [1.82, 2.24) is 10.2 Å². The van der Waals surface area contributed by atoms with E-state index in [1.54, 1.807) is 29.2 Å². The SMILES string of the molecule is CC(C)OCCCN1C(=O)C2C(C(=O)Nc3cccc(Cl)c3)C3C=CC2(O3)C1C(=O)NC1CCCCC1. The van der Waals surface area contributed by atoms with Crippen LogP contribution in [0.3, 0.4) is 0 Å². The molecule has 1 aromatic rings. The highest BCUT2D eigenvalue weighted by atomic mass is 35.5. The van der Waals surface area contributed by atoms with Gasteiger partial charge in [0.15, 0.2) is 0 Å². The predicted octanol–water partition coefficient (Wildman–Crippen LogP) is 3.69. The van der Waals surface area contributed by atoms with Crippen molar-refractivity contribution in [1.29, 1.82) is 0 Å². The van der Waals surface area contributed by atoms with Gasteiger partial charge in [0.05, 0.1) is 24.0 Å². The highest BCUT2D eigenvalue weighted by molar-refractivity contribution is 6.30. The third-order valence-corrected chi connectivity index (χ3v) is 8.20. The van der Waals surface area contributed by atoms with E-state index in [-0.39, 0.29) is 29.9 Å². The Hall–Kier alpha value is -2.42. The van der Waals surface area contributed by atoms with Crippen LogP contribution in [-0.2, 0) is 23.9 Å². The molecule has 3 heterocycles. The number of carbonyl (C=O) groups is 3. The number of hydrogen-bond donors (Lipinski definition) is 2. The van der Waals surface area contributed by atoms with E-state index in [0.29, 0.717) is 30.3 Å². The molecule has 200 valence electrons. The van der Waals surface area contributed by atoms with E-state index in [1.807, 2.05) is 26.0 Å². The summed E-state index contributed by atoms with van der Waals surface area (Å²) < 4.78 is 12.1. The number of carbonyl (C=O) groups excluding carboxylic acids is 3. The van der Waals surface area contributed by atoms with Crippen LogP contribution in [0.5, 0.6) is 0 Å². The van der Waals surface area contributed by atoms with Gasteiger partial charge in [-0.2, -0.15) is 0 Å². The molecule has 2 saturated heterocycles. The zero-order valence-electron chi connectivity index (χ0n) is 21.5. The molecule has 37 heavy (non-hydrogen) atoms. The summed E-state index contributed by atoms with van der Waals surface area (Å²) in [5.74, 6) is -2.23. The maximum absolute atomic E-state index is 13.9. The Morgan fingerprint density at radius 2 is 2.00 bits per heavy atom. The fraction of sp³-hybridized carbons (Fsp3) is 0.607. The first kappa shape index (κ1) is 26.2. The lowest BCUT2D eigenvalue weighted by Gasteiger charge is -2.34. The van der Waals surface area contributed by atoms with Crippen molar-refractivity contribution in [3.05, 3.63) is 41.4 Å². The van der Waals surface area contributed by atoms with E-state index in [9.17, 15) is 14.4 Å². The number of benzene rings is 1. The summed E-state index contributed by atoms with van der Waals surface area (Å²) in [7, 11) is 0. The molecule has 2 bridgehead atoms. The standard InChI is InChI=1S/C28H36ClN3O5/c1-17(2)36-15-7-14-32-24(26(34)30-19-9-4-3-5-10-19)28-13-12-21(37-28)22(23(28)27(32)35)25(33)31-20-11-6-8-18(29)16-20/h6,8,11-13,16-17,19,21-24H,3-5,7,9-10,14-15H2,1-2H3,(H,30,34)(H,31,33). The third kappa shape index (κ3) is 5.03. The number of likely N-dealkylation sites (tertiary alicyclic amines) is 1. The van der Waals surface area contributed by atoms with Gasteiger partial charge in [-0.1, -0.05) is 49.1 Å². The summed E-state index contributed by atoms with van der Waals surface area (Å²) >= 11 is 6.09. The molecule has 5 rings (SSSR count). The fourth-order valence-corrected chi connectivity index (χ4v) is 6.57. The third-order valence-electron chi connectivity index (χ3n) is 7.96. The average molecular weight is 530 g/mol. The van der Waals surface area contributed by atoms with Crippen molar-refractivity contribution in [2.75, 3.05) is 18.5 Å². The number of hydrogen-bond acceptors (Lipinski definition) is 5. The summed E-state index contributed by atoms with van der Waals surface area (Å²) in [6.45, 7) is 4.77. The van der Waals surface area contributed by atoms with Crippen molar-refractivity contribution in [2.45, 2.75) is 82.3 Å². The number of ether oxygens (including phenoxy) is 2. The Morgan fingerprint density at radius 3 is 2.73 bits per heavy atom. The number of nitrogens with one attached hydrogen (secondary N) is 2. The zero-order valence-corrected chi connectivity index (χ0v) is 22.2. The Bertz CT molecular complexity index is 1070. The Labute approximate surface area is 223 Å². The van der Waals surface area contributed by atoms with Crippen LogP contribution in [0.1, 0.15) is 52.4 Å². The fourth-order valence-electron chi connectivity index (χ4n) is 6.38. The van der Waals surface area contributed by atoms with Gasteiger partial charge in [0, 0.05) is 29.9 Å². The van der Waals surface area contributed by atoms with Crippen LogP contribution in [0.2, 0.25) is 5.02 Å². The van der Waals surface area contributed by atoms with E-state index in [2.05, 4.69) is 10.6 Å². The van der Waals surface area contributed by atoms with Crippen LogP contribution < -0.4 is 10.6 Å². The smallest absolute Gasteiger partial charge is 0.246 e. The van der Waals surface area contributed by atoms with Crippen LogP contribution >= 0.6 is 11.6 Å². The molecule has 3 aliphatic heterocycles. The van der Waals surface area contributed by atoms with Gasteiger partial charge in [-0.25, -0.2) is 0 Å². The van der Waals surface area contributed by atoms with E-state index in [1.165, 1.54) is 6.42 Å². The predicted molar refractivity (Wildman–Crippen MR) is 140 cm³/mol. The second kappa shape index (κ2) is 10.8. The van der Waals surface area contributed by atoms with E-state index in [0.717, 1.165) is 25.7 Å². The molecule has 3 amide bonds. The van der Waals surface area contributed by atoms with E-state index >= 15 is 0 Å². The van der Waals surface area contributed by atoms with Gasteiger partial charge >= 0.3 is 0 Å². The Kier molecular flexibility index (Phi) is 7.61. The van der Waals surface area contributed by atoms with Crippen LogP contribution in [0.25, 0.3) is 0 Å². The molecule has 5 atom stereocenters. The number of halogens is 1. The van der Waals surface area contributed by atoms with E-state index in [4.69, 9.17) is 21.1 Å². The molecule has 1 aliphatic carbocycles. The number of anilines is 1. The minimum absolute atomic E-state index is 0.0825. The van der Waals surface area contributed by atoms with Gasteiger partial charge in [-0.15, -0.1) is 0 Å². The molecule has 5 unspecified atom stereocenters. The zero-order chi connectivity index (χ0) is 26.2. The van der Waals surface area contributed by atoms with E-state index < -0.39 is 29.6 Å². The summed E-state index contributed by atoms with van der Waals surface area (Å²) in [4.78, 5) is 42.8. The molecule has 9 heteroatoms. The summed E-state index contributed by atoms with van der Waals surface area (Å²) in [6.07, 6.45) is 9.02.